The van der Waals surface area contributed by atoms with Crippen molar-refractivity contribution in [2.75, 3.05) is 31.7 Å². The lowest BCUT2D eigenvalue weighted by Crippen LogP contribution is -2.26. The molecule has 5 rings (SSSR count). The highest BCUT2D eigenvalue weighted by Crippen LogP contribution is 2.54. The summed E-state index contributed by atoms with van der Waals surface area (Å²) in [6, 6.07) is 3.10. The molecule has 3 aromatic rings. The maximum absolute atomic E-state index is 15.6. The summed E-state index contributed by atoms with van der Waals surface area (Å²) in [6.45, 7) is 1.53. The quantitative estimate of drug-likeness (QED) is 0.566. The van der Waals surface area contributed by atoms with E-state index in [-0.39, 0.29) is 22.2 Å². The number of carbonyl (C=O) groups excluding carboxylic acids is 1. The molecule has 1 saturated carbocycles. The molecule has 1 amide bonds. The standard InChI is InChI=1S/C23H25ClFN7O/c1-31(2)22(33)17-16(26)4-3-14(20(17)25)15-8-28-21-18(19(15)24)23(10-29-21)6-5-13(7-23)9-32-12-27-11-30-32/h3-4,8,11-13H,5-7,9-10,26H2,1-2H3,(H,28,29). The lowest BCUT2D eigenvalue weighted by molar-refractivity contribution is 0.0824. The van der Waals surface area contributed by atoms with Gasteiger partial charge in [0.1, 0.15) is 24.3 Å². The number of rotatable bonds is 4. The summed E-state index contributed by atoms with van der Waals surface area (Å²) in [4.78, 5) is 22.5. The number of halogens is 2. The molecule has 1 aliphatic carbocycles. The molecular formula is C23H25ClFN7O. The molecule has 0 bridgehead atoms. The third kappa shape index (κ3) is 3.51. The number of carbonyl (C=O) groups is 1. The Hall–Kier alpha value is -3.20. The number of aromatic nitrogens is 4. The van der Waals surface area contributed by atoms with Crippen LogP contribution in [0.2, 0.25) is 5.02 Å². The third-order valence-corrected chi connectivity index (χ3v) is 7.24. The minimum absolute atomic E-state index is 0.0880. The average molecular weight is 470 g/mol. The van der Waals surface area contributed by atoms with Gasteiger partial charge in [0.15, 0.2) is 0 Å². The molecule has 2 aliphatic rings. The SMILES string of the molecule is CN(C)C(=O)c1c(N)ccc(-c2cnc3c(c2Cl)C2(CCC(Cn4cncn4)C2)CN3)c1F. The van der Waals surface area contributed by atoms with Crippen molar-refractivity contribution < 1.29 is 9.18 Å². The van der Waals surface area contributed by atoms with Gasteiger partial charge in [-0.25, -0.2) is 14.4 Å². The molecule has 1 aromatic carbocycles. The van der Waals surface area contributed by atoms with Crippen LogP contribution in [0.1, 0.15) is 35.2 Å². The fourth-order valence-electron chi connectivity index (χ4n) is 5.25. The second-order valence-corrected chi connectivity index (χ2v) is 9.54. The van der Waals surface area contributed by atoms with Crippen LogP contribution < -0.4 is 11.1 Å². The van der Waals surface area contributed by atoms with Gasteiger partial charge in [0.2, 0.25) is 0 Å². The van der Waals surface area contributed by atoms with Gasteiger partial charge in [-0.1, -0.05) is 11.6 Å². The van der Waals surface area contributed by atoms with Gasteiger partial charge in [0.05, 0.1) is 10.6 Å². The van der Waals surface area contributed by atoms with Crippen molar-refractivity contribution in [2.45, 2.75) is 31.2 Å². The second kappa shape index (κ2) is 7.98. The second-order valence-electron chi connectivity index (χ2n) is 9.16. The first-order valence-corrected chi connectivity index (χ1v) is 11.2. The maximum Gasteiger partial charge on any atom is 0.258 e. The van der Waals surface area contributed by atoms with Crippen LogP contribution in [0.15, 0.2) is 31.0 Å². The number of nitrogens with one attached hydrogen (secondary N) is 1. The minimum Gasteiger partial charge on any atom is -0.398 e. The van der Waals surface area contributed by atoms with Crippen molar-refractivity contribution in [1.29, 1.82) is 0 Å². The summed E-state index contributed by atoms with van der Waals surface area (Å²) < 4.78 is 17.4. The number of nitrogen functional groups attached to an aromatic ring is 1. The van der Waals surface area contributed by atoms with Gasteiger partial charge in [-0.05, 0) is 37.3 Å². The number of nitrogens with two attached hydrogens (primary N) is 1. The van der Waals surface area contributed by atoms with Crippen molar-refractivity contribution in [2.24, 2.45) is 5.92 Å². The van der Waals surface area contributed by atoms with E-state index in [4.69, 9.17) is 17.3 Å². The van der Waals surface area contributed by atoms with Crippen molar-refractivity contribution in [3.8, 4) is 11.1 Å². The topological polar surface area (TPSA) is 102 Å². The number of nitrogens with zero attached hydrogens (tertiary/aromatic N) is 5. The zero-order valence-electron chi connectivity index (χ0n) is 18.5. The summed E-state index contributed by atoms with van der Waals surface area (Å²) in [7, 11) is 3.12. The Morgan fingerprint density at radius 2 is 2.21 bits per heavy atom. The van der Waals surface area contributed by atoms with E-state index in [0.717, 1.165) is 43.7 Å². The molecule has 1 fully saturated rings. The van der Waals surface area contributed by atoms with Crippen LogP contribution in [-0.4, -0.2) is 51.2 Å². The van der Waals surface area contributed by atoms with E-state index < -0.39 is 11.7 Å². The van der Waals surface area contributed by atoms with Crippen molar-refractivity contribution >= 4 is 29.0 Å². The average Bonchev–Trinajstić information content (AvgIpc) is 3.51. The molecule has 10 heteroatoms. The predicted octanol–water partition coefficient (Wildman–Crippen LogP) is 3.58. The van der Waals surface area contributed by atoms with Gasteiger partial charge in [-0.2, -0.15) is 5.10 Å². The highest BCUT2D eigenvalue weighted by Gasteiger charge is 2.47. The maximum atomic E-state index is 15.6. The first-order valence-electron chi connectivity index (χ1n) is 10.9. The van der Waals surface area contributed by atoms with Crippen LogP contribution in [0, 0.1) is 11.7 Å². The molecular weight excluding hydrogens is 445 g/mol. The molecule has 3 N–H and O–H groups in total. The molecule has 0 saturated heterocycles. The van der Waals surface area contributed by atoms with Gasteiger partial charge in [0.25, 0.3) is 5.91 Å². The fraction of sp³-hybridized carbons (Fsp3) is 0.391. The number of pyridine rings is 1. The number of amides is 1. The molecule has 33 heavy (non-hydrogen) atoms. The van der Waals surface area contributed by atoms with E-state index in [1.807, 2.05) is 4.68 Å². The number of fused-ring (bicyclic) bond motifs is 2. The smallest absolute Gasteiger partial charge is 0.258 e. The van der Waals surface area contributed by atoms with Crippen molar-refractivity contribution in [3.63, 3.8) is 0 Å². The zero-order valence-corrected chi connectivity index (χ0v) is 19.2. The van der Waals surface area contributed by atoms with Crippen LogP contribution in [0.4, 0.5) is 15.9 Å². The monoisotopic (exact) mass is 469 g/mol. The Balaban J connectivity index is 1.54. The van der Waals surface area contributed by atoms with Gasteiger partial charge < -0.3 is 16.0 Å². The van der Waals surface area contributed by atoms with Gasteiger partial charge >= 0.3 is 0 Å². The van der Waals surface area contributed by atoms with Crippen molar-refractivity contribution in [3.05, 3.63) is 53.0 Å². The Labute approximate surface area is 196 Å². The fourth-order valence-corrected chi connectivity index (χ4v) is 5.69. The molecule has 2 unspecified atom stereocenters. The van der Waals surface area contributed by atoms with E-state index in [2.05, 4.69) is 20.4 Å². The summed E-state index contributed by atoms with van der Waals surface area (Å²) in [5, 5.41) is 8.10. The molecule has 172 valence electrons. The summed E-state index contributed by atoms with van der Waals surface area (Å²) in [6.07, 6.45) is 7.74. The Bertz CT molecular complexity index is 1230. The molecule has 1 aliphatic heterocycles. The summed E-state index contributed by atoms with van der Waals surface area (Å²) in [5.74, 6) is -0.0165. The van der Waals surface area contributed by atoms with Crippen LogP contribution in [0.3, 0.4) is 0 Å². The van der Waals surface area contributed by atoms with Gasteiger partial charge in [-0.3, -0.25) is 9.48 Å². The Kier molecular flexibility index (Phi) is 5.23. The van der Waals surface area contributed by atoms with Gasteiger partial charge in [-0.15, -0.1) is 0 Å². The molecule has 1 spiro atoms. The minimum atomic E-state index is -0.687. The molecule has 3 heterocycles. The zero-order chi connectivity index (χ0) is 23.3. The van der Waals surface area contributed by atoms with Crippen molar-refractivity contribution in [1.82, 2.24) is 24.6 Å². The van der Waals surface area contributed by atoms with Crippen LogP contribution >= 0.6 is 11.6 Å². The van der Waals surface area contributed by atoms with E-state index in [9.17, 15) is 4.79 Å². The van der Waals surface area contributed by atoms with Gasteiger partial charge in [0, 0.05) is 61.2 Å². The van der Waals surface area contributed by atoms with Crippen LogP contribution in [0.25, 0.3) is 11.1 Å². The highest BCUT2D eigenvalue weighted by atomic mass is 35.5. The number of hydrogen-bond acceptors (Lipinski definition) is 6. The van der Waals surface area contributed by atoms with Crippen LogP contribution in [-0.2, 0) is 12.0 Å². The molecule has 8 nitrogen and oxygen atoms in total. The Morgan fingerprint density at radius 3 is 2.94 bits per heavy atom. The summed E-state index contributed by atoms with van der Waals surface area (Å²) >= 11 is 6.95. The first kappa shape index (κ1) is 21.6. The Morgan fingerprint density at radius 1 is 1.39 bits per heavy atom. The van der Waals surface area contributed by atoms with E-state index in [0.29, 0.717) is 16.5 Å². The van der Waals surface area contributed by atoms with E-state index in [1.165, 1.54) is 11.0 Å². The molecule has 2 aromatic heterocycles. The number of anilines is 2. The van der Waals surface area contributed by atoms with E-state index >= 15 is 4.39 Å². The largest absolute Gasteiger partial charge is 0.398 e. The summed E-state index contributed by atoms with van der Waals surface area (Å²) in [5.41, 5.74) is 7.31. The normalized spacial score (nSPS) is 21.3. The highest BCUT2D eigenvalue weighted by molar-refractivity contribution is 6.34. The number of benzene rings is 1. The number of hydrogen-bond donors (Lipinski definition) is 2. The third-order valence-electron chi connectivity index (χ3n) is 6.85. The first-order chi connectivity index (χ1) is 15.8. The molecule has 0 radical (unpaired) electrons. The lowest BCUT2D eigenvalue weighted by Gasteiger charge is -2.25. The lowest BCUT2D eigenvalue weighted by atomic mass is 9.79. The predicted molar refractivity (Wildman–Crippen MR) is 125 cm³/mol. The molecule has 2 atom stereocenters. The van der Waals surface area contributed by atoms with Crippen LogP contribution in [0.5, 0.6) is 0 Å². The van der Waals surface area contributed by atoms with E-state index in [1.54, 1.807) is 39.0 Å².